The molecule has 0 bridgehead atoms. The Hall–Kier alpha value is -0.0800. The topological polar surface area (TPSA) is 29.3 Å². The maximum atomic E-state index is 5.69. The first-order valence-corrected chi connectivity index (χ1v) is 6.32. The molecule has 2 nitrogen and oxygen atoms in total. The average Bonchev–Trinajstić information content (AvgIpc) is 3.01. The molecule has 2 aliphatic rings. The van der Waals surface area contributed by atoms with Crippen LogP contribution in [0.3, 0.4) is 0 Å². The van der Waals surface area contributed by atoms with E-state index in [0.717, 1.165) is 24.5 Å². The molecule has 2 atom stereocenters. The van der Waals surface area contributed by atoms with Crippen molar-refractivity contribution in [2.45, 2.75) is 57.5 Å². The maximum absolute atomic E-state index is 5.69. The Morgan fingerprint density at radius 3 is 2.64 bits per heavy atom. The molecule has 2 N–H and O–H groups in total. The van der Waals surface area contributed by atoms with Gasteiger partial charge in [-0.25, -0.2) is 0 Å². The quantitative estimate of drug-likeness (QED) is 0.745. The van der Waals surface area contributed by atoms with Gasteiger partial charge in [-0.3, -0.25) is 4.90 Å². The number of hydrogen-bond donors (Lipinski definition) is 1. The van der Waals surface area contributed by atoms with E-state index in [-0.39, 0.29) is 0 Å². The summed E-state index contributed by atoms with van der Waals surface area (Å²) in [6, 6.07) is 1.79. The minimum atomic E-state index is 0.847. The molecule has 0 amide bonds. The SMILES string of the molecule is CCC1C(CCN)CCCN1C1CC1. The number of nitrogens with two attached hydrogens (primary N) is 1. The second kappa shape index (κ2) is 4.63. The summed E-state index contributed by atoms with van der Waals surface area (Å²) in [5.41, 5.74) is 5.69. The van der Waals surface area contributed by atoms with Crippen LogP contribution in [0.25, 0.3) is 0 Å². The van der Waals surface area contributed by atoms with Crippen LogP contribution in [0.5, 0.6) is 0 Å². The summed E-state index contributed by atoms with van der Waals surface area (Å²) in [6.45, 7) is 4.57. The molecule has 82 valence electrons. The zero-order valence-corrected chi connectivity index (χ0v) is 9.41. The highest BCUT2D eigenvalue weighted by Crippen LogP contribution is 2.36. The highest BCUT2D eigenvalue weighted by Gasteiger charge is 2.38. The van der Waals surface area contributed by atoms with Gasteiger partial charge in [0.05, 0.1) is 0 Å². The standard InChI is InChI=1S/C12H24N2/c1-2-12-10(7-8-13)4-3-9-14(12)11-5-6-11/h10-12H,2-9,13H2,1H3. The van der Waals surface area contributed by atoms with Crippen molar-refractivity contribution in [3.05, 3.63) is 0 Å². The summed E-state index contributed by atoms with van der Waals surface area (Å²) in [5.74, 6) is 0.888. The van der Waals surface area contributed by atoms with Gasteiger partial charge in [-0.2, -0.15) is 0 Å². The van der Waals surface area contributed by atoms with Gasteiger partial charge in [-0.05, 0) is 57.5 Å². The molecule has 0 radical (unpaired) electrons. The monoisotopic (exact) mass is 196 g/mol. The fourth-order valence-corrected chi connectivity index (χ4v) is 3.14. The van der Waals surface area contributed by atoms with E-state index in [4.69, 9.17) is 5.73 Å². The Kier molecular flexibility index (Phi) is 3.45. The zero-order valence-electron chi connectivity index (χ0n) is 9.41. The third kappa shape index (κ3) is 2.12. The average molecular weight is 196 g/mol. The van der Waals surface area contributed by atoms with Crippen molar-refractivity contribution in [3.63, 3.8) is 0 Å². The van der Waals surface area contributed by atoms with Crippen molar-refractivity contribution in [3.8, 4) is 0 Å². The maximum Gasteiger partial charge on any atom is 0.0124 e. The van der Waals surface area contributed by atoms with Crippen LogP contribution in [-0.4, -0.2) is 30.1 Å². The van der Waals surface area contributed by atoms with E-state index in [0.29, 0.717) is 0 Å². The molecule has 2 heteroatoms. The molecular formula is C12H24N2. The molecule has 2 rings (SSSR count). The first-order valence-electron chi connectivity index (χ1n) is 6.32. The lowest BCUT2D eigenvalue weighted by Crippen LogP contribution is -2.46. The van der Waals surface area contributed by atoms with E-state index in [9.17, 15) is 0 Å². The summed E-state index contributed by atoms with van der Waals surface area (Å²) in [4.78, 5) is 2.78. The van der Waals surface area contributed by atoms with E-state index in [1.165, 1.54) is 45.1 Å². The fourth-order valence-electron chi connectivity index (χ4n) is 3.14. The first-order chi connectivity index (χ1) is 6.86. The molecule has 1 saturated heterocycles. The summed E-state index contributed by atoms with van der Waals surface area (Å²) in [5, 5.41) is 0. The second-order valence-electron chi connectivity index (χ2n) is 4.92. The largest absolute Gasteiger partial charge is 0.330 e. The van der Waals surface area contributed by atoms with Crippen molar-refractivity contribution in [2.75, 3.05) is 13.1 Å². The Labute approximate surface area is 87.8 Å². The first kappa shape index (κ1) is 10.4. The smallest absolute Gasteiger partial charge is 0.0124 e. The van der Waals surface area contributed by atoms with Gasteiger partial charge in [-0.1, -0.05) is 6.92 Å². The van der Waals surface area contributed by atoms with Crippen LogP contribution in [0.15, 0.2) is 0 Å². The van der Waals surface area contributed by atoms with Gasteiger partial charge in [0.1, 0.15) is 0 Å². The molecule has 2 fully saturated rings. The summed E-state index contributed by atoms with van der Waals surface area (Å²) < 4.78 is 0. The molecule has 1 aliphatic carbocycles. The Morgan fingerprint density at radius 2 is 2.07 bits per heavy atom. The summed E-state index contributed by atoms with van der Waals surface area (Å²) in [7, 11) is 0. The summed E-state index contributed by atoms with van der Waals surface area (Å²) in [6.07, 6.45) is 8.27. The van der Waals surface area contributed by atoms with Gasteiger partial charge in [0, 0.05) is 12.1 Å². The zero-order chi connectivity index (χ0) is 9.97. The van der Waals surface area contributed by atoms with Crippen molar-refractivity contribution < 1.29 is 0 Å². The minimum absolute atomic E-state index is 0.847. The molecule has 0 aromatic heterocycles. The number of rotatable bonds is 4. The van der Waals surface area contributed by atoms with Crippen LogP contribution in [0, 0.1) is 5.92 Å². The Balaban J connectivity index is 1.95. The molecule has 0 aromatic carbocycles. The van der Waals surface area contributed by atoms with Crippen LogP contribution in [0.4, 0.5) is 0 Å². The van der Waals surface area contributed by atoms with E-state index in [1.54, 1.807) is 0 Å². The highest BCUT2D eigenvalue weighted by molar-refractivity contribution is 4.93. The Bertz CT molecular complexity index is 175. The van der Waals surface area contributed by atoms with Crippen molar-refractivity contribution in [2.24, 2.45) is 11.7 Å². The number of hydrogen-bond acceptors (Lipinski definition) is 2. The van der Waals surface area contributed by atoms with Crippen molar-refractivity contribution in [1.29, 1.82) is 0 Å². The van der Waals surface area contributed by atoms with Gasteiger partial charge >= 0.3 is 0 Å². The highest BCUT2D eigenvalue weighted by atomic mass is 15.2. The molecule has 0 spiro atoms. The molecule has 1 aliphatic heterocycles. The summed E-state index contributed by atoms with van der Waals surface area (Å²) >= 11 is 0. The lowest BCUT2D eigenvalue weighted by atomic mass is 9.85. The van der Waals surface area contributed by atoms with E-state index in [2.05, 4.69) is 11.8 Å². The molecule has 1 heterocycles. The van der Waals surface area contributed by atoms with Gasteiger partial charge in [-0.15, -0.1) is 0 Å². The third-order valence-corrected chi connectivity index (χ3v) is 3.93. The molecule has 0 aromatic rings. The van der Waals surface area contributed by atoms with E-state index < -0.39 is 0 Å². The van der Waals surface area contributed by atoms with Gasteiger partial charge in [0.2, 0.25) is 0 Å². The molecule has 14 heavy (non-hydrogen) atoms. The Morgan fingerprint density at radius 1 is 1.29 bits per heavy atom. The van der Waals surface area contributed by atoms with Crippen LogP contribution < -0.4 is 5.73 Å². The third-order valence-electron chi connectivity index (χ3n) is 3.93. The molecule has 2 unspecified atom stereocenters. The van der Waals surface area contributed by atoms with Crippen LogP contribution >= 0.6 is 0 Å². The van der Waals surface area contributed by atoms with Crippen molar-refractivity contribution >= 4 is 0 Å². The minimum Gasteiger partial charge on any atom is -0.330 e. The predicted octanol–water partition coefficient (Wildman–Crippen LogP) is 1.99. The second-order valence-corrected chi connectivity index (χ2v) is 4.92. The van der Waals surface area contributed by atoms with Gasteiger partial charge in [0.25, 0.3) is 0 Å². The normalized spacial score (nSPS) is 34.7. The lowest BCUT2D eigenvalue weighted by molar-refractivity contribution is 0.0782. The fraction of sp³-hybridized carbons (Fsp3) is 1.00. The predicted molar refractivity (Wildman–Crippen MR) is 60.2 cm³/mol. The number of likely N-dealkylation sites (tertiary alicyclic amines) is 1. The van der Waals surface area contributed by atoms with Gasteiger partial charge < -0.3 is 5.73 Å². The lowest BCUT2D eigenvalue weighted by Gasteiger charge is -2.41. The van der Waals surface area contributed by atoms with Crippen LogP contribution in [0.2, 0.25) is 0 Å². The molecule has 1 saturated carbocycles. The van der Waals surface area contributed by atoms with Gasteiger partial charge in [0.15, 0.2) is 0 Å². The van der Waals surface area contributed by atoms with E-state index >= 15 is 0 Å². The van der Waals surface area contributed by atoms with Crippen LogP contribution in [0.1, 0.15) is 45.4 Å². The number of piperidine rings is 1. The van der Waals surface area contributed by atoms with Crippen molar-refractivity contribution in [1.82, 2.24) is 4.90 Å². The van der Waals surface area contributed by atoms with E-state index in [1.807, 2.05) is 0 Å². The molecular weight excluding hydrogens is 172 g/mol. The number of nitrogens with zero attached hydrogens (tertiary/aromatic N) is 1. The van der Waals surface area contributed by atoms with Crippen LogP contribution in [-0.2, 0) is 0 Å².